The lowest BCUT2D eigenvalue weighted by molar-refractivity contribution is 0.616. The second-order valence-corrected chi connectivity index (χ2v) is 5.24. The summed E-state index contributed by atoms with van der Waals surface area (Å²) in [6, 6.07) is 12.3. The number of nitrogens with one attached hydrogen (secondary N) is 2. The van der Waals surface area contributed by atoms with Gasteiger partial charge in [0.25, 0.3) is 0 Å². The van der Waals surface area contributed by atoms with Gasteiger partial charge in [-0.2, -0.15) is 0 Å². The third-order valence-corrected chi connectivity index (χ3v) is 3.87. The van der Waals surface area contributed by atoms with Crippen molar-refractivity contribution < 1.29 is 0 Å². The lowest BCUT2D eigenvalue weighted by Gasteiger charge is -2.08. The van der Waals surface area contributed by atoms with Crippen molar-refractivity contribution in [2.24, 2.45) is 0 Å². The van der Waals surface area contributed by atoms with Gasteiger partial charge in [0.1, 0.15) is 0 Å². The largest absolute Gasteiger partial charge is 0.319 e. The standard InChI is InChI=1S/C13H11ClN2S/c14-10-5-3-9(4-6-10)11-8-12(16-15-11)13-2-1-7-17-13/h1-8,11,15-16H. The highest BCUT2D eigenvalue weighted by Crippen LogP contribution is 2.27. The Labute approximate surface area is 109 Å². The van der Waals surface area contributed by atoms with Crippen LogP contribution in [0.2, 0.25) is 5.02 Å². The molecule has 0 saturated heterocycles. The number of hydrogen-bond donors (Lipinski definition) is 2. The van der Waals surface area contributed by atoms with Crippen LogP contribution >= 0.6 is 22.9 Å². The van der Waals surface area contributed by atoms with Crippen LogP contribution in [0.3, 0.4) is 0 Å². The van der Waals surface area contributed by atoms with Crippen molar-refractivity contribution in [3.63, 3.8) is 0 Å². The van der Waals surface area contributed by atoms with Gasteiger partial charge in [-0.1, -0.05) is 29.8 Å². The molecule has 1 unspecified atom stereocenters. The number of rotatable bonds is 2. The summed E-state index contributed by atoms with van der Waals surface area (Å²) in [7, 11) is 0. The fourth-order valence-electron chi connectivity index (χ4n) is 1.83. The predicted molar refractivity (Wildman–Crippen MR) is 72.8 cm³/mol. The Bertz CT molecular complexity index is 531. The smallest absolute Gasteiger partial charge is 0.0714 e. The van der Waals surface area contributed by atoms with Gasteiger partial charge < -0.3 is 5.43 Å². The van der Waals surface area contributed by atoms with Gasteiger partial charge in [0.05, 0.1) is 16.6 Å². The molecule has 3 rings (SSSR count). The Hall–Kier alpha value is -1.29. The van der Waals surface area contributed by atoms with E-state index in [1.807, 2.05) is 24.3 Å². The Morgan fingerprint density at radius 1 is 1.12 bits per heavy atom. The summed E-state index contributed by atoms with van der Waals surface area (Å²) in [5.74, 6) is 0. The van der Waals surface area contributed by atoms with E-state index in [-0.39, 0.29) is 6.04 Å². The molecule has 2 aromatic rings. The molecule has 2 heterocycles. The molecule has 2 N–H and O–H groups in total. The average molecular weight is 263 g/mol. The number of benzene rings is 1. The van der Waals surface area contributed by atoms with Crippen LogP contribution in [0.4, 0.5) is 0 Å². The number of hydrazine groups is 1. The predicted octanol–water partition coefficient (Wildman–Crippen LogP) is 3.59. The van der Waals surface area contributed by atoms with Crippen LogP contribution in [-0.4, -0.2) is 0 Å². The summed E-state index contributed by atoms with van der Waals surface area (Å²) in [4.78, 5) is 1.24. The Morgan fingerprint density at radius 3 is 2.65 bits per heavy atom. The van der Waals surface area contributed by atoms with Gasteiger partial charge in [-0.25, -0.2) is 5.43 Å². The minimum Gasteiger partial charge on any atom is -0.319 e. The Morgan fingerprint density at radius 2 is 1.94 bits per heavy atom. The normalized spacial score (nSPS) is 18.9. The summed E-state index contributed by atoms with van der Waals surface area (Å²) in [6.07, 6.45) is 2.19. The van der Waals surface area contributed by atoms with Crippen LogP contribution < -0.4 is 10.9 Å². The van der Waals surface area contributed by atoms with Crippen molar-refractivity contribution in [2.45, 2.75) is 6.04 Å². The van der Waals surface area contributed by atoms with Gasteiger partial charge in [0.2, 0.25) is 0 Å². The second-order valence-electron chi connectivity index (χ2n) is 3.86. The Kier molecular flexibility index (Phi) is 2.89. The molecular weight excluding hydrogens is 252 g/mol. The van der Waals surface area contributed by atoms with E-state index in [9.17, 15) is 0 Å². The topological polar surface area (TPSA) is 24.1 Å². The van der Waals surface area contributed by atoms with E-state index in [4.69, 9.17) is 11.6 Å². The van der Waals surface area contributed by atoms with Gasteiger partial charge in [0, 0.05) is 5.02 Å². The summed E-state index contributed by atoms with van der Waals surface area (Å²) in [5, 5.41) is 2.84. The fourth-order valence-corrected chi connectivity index (χ4v) is 2.66. The first-order chi connectivity index (χ1) is 8.33. The third-order valence-electron chi connectivity index (χ3n) is 2.71. The SMILES string of the molecule is Clc1ccc(C2C=C(c3cccs3)NN2)cc1. The van der Waals surface area contributed by atoms with Crippen LogP contribution in [0.25, 0.3) is 5.70 Å². The molecule has 4 heteroatoms. The van der Waals surface area contributed by atoms with Gasteiger partial charge in [-0.3, -0.25) is 0 Å². The maximum atomic E-state index is 5.88. The summed E-state index contributed by atoms with van der Waals surface area (Å²) >= 11 is 7.61. The summed E-state index contributed by atoms with van der Waals surface area (Å²) in [5.41, 5.74) is 8.80. The highest BCUT2D eigenvalue weighted by molar-refractivity contribution is 7.11. The molecule has 17 heavy (non-hydrogen) atoms. The molecule has 1 aliphatic rings. The Balaban J connectivity index is 1.85. The maximum Gasteiger partial charge on any atom is 0.0714 e. The monoisotopic (exact) mass is 262 g/mol. The van der Waals surface area contributed by atoms with Crippen molar-refractivity contribution in [3.8, 4) is 0 Å². The minimum absolute atomic E-state index is 0.198. The first kappa shape index (κ1) is 10.8. The highest BCUT2D eigenvalue weighted by atomic mass is 35.5. The van der Waals surface area contributed by atoms with E-state index in [0.717, 1.165) is 10.7 Å². The van der Waals surface area contributed by atoms with Crippen LogP contribution in [0, 0.1) is 0 Å². The van der Waals surface area contributed by atoms with Crippen molar-refractivity contribution in [3.05, 3.63) is 63.3 Å². The molecule has 0 amide bonds. The van der Waals surface area contributed by atoms with Crippen molar-refractivity contribution in [2.75, 3.05) is 0 Å². The van der Waals surface area contributed by atoms with E-state index >= 15 is 0 Å². The number of hydrogen-bond acceptors (Lipinski definition) is 3. The van der Waals surface area contributed by atoms with Crippen molar-refractivity contribution >= 4 is 28.6 Å². The molecule has 0 spiro atoms. The zero-order valence-corrected chi connectivity index (χ0v) is 10.6. The molecule has 1 atom stereocenters. The molecule has 1 aromatic heterocycles. The maximum absolute atomic E-state index is 5.88. The quantitative estimate of drug-likeness (QED) is 0.864. The zero-order valence-electron chi connectivity index (χ0n) is 8.98. The fraction of sp³-hybridized carbons (Fsp3) is 0.0769. The van der Waals surface area contributed by atoms with Crippen molar-refractivity contribution in [1.82, 2.24) is 10.9 Å². The molecule has 1 aliphatic heterocycles. The van der Waals surface area contributed by atoms with E-state index in [0.29, 0.717) is 0 Å². The van der Waals surface area contributed by atoms with Gasteiger partial charge >= 0.3 is 0 Å². The first-order valence-corrected chi connectivity index (χ1v) is 6.61. The molecule has 86 valence electrons. The van der Waals surface area contributed by atoms with Crippen LogP contribution in [0.5, 0.6) is 0 Å². The first-order valence-electron chi connectivity index (χ1n) is 5.35. The molecule has 2 nitrogen and oxygen atoms in total. The molecule has 0 saturated carbocycles. The number of halogens is 1. The average Bonchev–Trinajstić information content (AvgIpc) is 3.00. The highest BCUT2D eigenvalue weighted by Gasteiger charge is 2.17. The van der Waals surface area contributed by atoms with E-state index < -0.39 is 0 Å². The van der Waals surface area contributed by atoms with Gasteiger partial charge in [0.15, 0.2) is 0 Å². The lowest BCUT2D eigenvalue weighted by atomic mass is 10.1. The molecule has 1 aromatic carbocycles. The molecule has 0 bridgehead atoms. The molecular formula is C13H11ClN2S. The van der Waals surface area contributed by atoms with Crippen molar-refractivity contribution in [1.29, 1.82) is 0 Å². The van der Waals surface area contributed by atoms with Crippen LogP contribution in [0.15, 0.2) is 47.9 Å². The number of thiophene rings is 1. The second kappa shape index (κ2) is 4.53. The van der Waals surface area contributed by atoms with Gasteiger partial charge in [-0.15, -0.1) is 11.3 Å². The summed E-state index contributed by atoms with van der Waals surface area (Å²) < 4.78 is 0. The molecule has 0 fully saturated rings. The molecule has 0 radical (unpaired) electrons. The van der Waals surface area contributed by atoms with E-state index in [1.165, 1.54) is 10.4 Å². The van der Waals surface area contributed by atoms with Crippen LogP contribution in [0.1, 0.15) is 16.5 Å². The third kappa shape index (κ3) is 2.22. The zero-order chi connectivity index (χ0) is 11.7. The lowest BCUT2D eigenvalue weighted by Crippen LogP contribution is -2.26. The van der Waals surface area contributed by atoms with E-state index in [2.05, 4.69) is 34.4 Å². The molecule has 0 aliphatic carbocycles. The summed E-state index contributed by atoms with van der Waals surface area (Å²) in [6.45, 7) is 0. The minimum atomic E-state index is 0.198. The van der Waals surface area contributed by atoms with Crippen LogP contribution in [-0.2, 0) is 0 Å². The van der Waals surface area contributed by atoms with E-state index in [1.54, 1.807) is 11.3 Å². The van der Waals surface area contributed by atoms with Gasteiger partial charge in [-0.05, 0) is 35.2 Å².